The smallest absolute Gasteiger partial charge is 0.273 e. The highest BCUT2D eigenvalue weighted by Gasteiger charge is 2.33. The van der Waals surface area contributed by atoms with E-state index in [2.05, 4.69) is 36.5 Å². The number of carbonyl (C=O) groups excluding carboxylic acids is 1. The first-order chi connectivity index (χ1) is 15.7. The Kier molecular flexibility index (Phi) is 8.29. The monoisotopic (exact) mass is 476 g/mol. The first-order valence-electron chi connectivity index (χ1n) is 11.9. The van der Waals surface area contributed by atoms with E-state index in [1.807, 2.05) is 25.1 Å². The van der Waals surface area contributed by atoms with Gasteiger partial charge in [-0.3, -0.25) is 9.48 Å². The molecule has 0 atom stereocenters. The van der Waals surface area contributed by atoms with E-state index in [1.165, 1.54) is 0 Å². The fourth-order valence-electron chi connectivity index (χ4n) is 4.33. The van der Waals surface area contributed by atoms with Crippen LogP contribution in [0.25, 0.3) is 11.3 Å². The summed E-state index contributed by atoms with van der Waals surface area (Å²) in [4.78, 5) is 13.0. The second-order valence-electron chi connectivity index (χ2n) is 9.54. The van der Waals surface area contributed by atoms with Crippen LogP contribution in [0, 0.1) is 5.92 Å². The van der Waals surface area contributed by atoms with Crippen molar-refractivity contribution in [1.29, 1.82) is 0 Å². The predicted molar refractivity (Wildman–Crippen MR) is 133 cm³/mol. The van der Waals surface area contributed by atoms with Crippen LogP contribution in [-0.4, -0.2) is 46.1 Å². The molecule has 7 nitrogen and oxygen atoms in total. The Morgan fingerprint density at radius 3 is 2.67 bits per heavy atom. The quantitative estimate of drug-likeness (QED) is 0.467. The molecule has 1 aromatic heterocycles. The highest BCUT2D eigenvalue weighted by molar-refractivity contribution is 6.36. The van der Waals surface area contributed by atoms with Crippen LogP contribution in [0.5, 0.6) is 5.75 Å². The minimum atomic E-state index is -0.869. The highest BCUT2D eigenvalue weighted by Crippen LogP contribution is 2.38. The van der Waals surface area contributed by atoms with Gasteiger partial charge in [-0.15, -0.1) is 0 Å². The van der Waals surface area contributed by atoms with Gasteiger partial charge in [0, 0.05) is 36.4 Å². The maximum atomic E-state index is 13.0. The molecule has 1 aliphatic rings. The summed E-state index contributed by atoms with van der Waals surface area (Å²) >= 11 is 6.75. The number of nitrogens with one attached hydrogen (secondary N) is 2. The van der Waals surface area contributed by atoms with Crippen molar-refractivity contribution in [2.24, 2.45) is 5.92 Å². The van der Waals surface area contributed by atoms with Crippen LogP contribution >= 0.6 is 11.6 Å². The van der Waals surface area contributed by atoms with Crippen LogP contribution in [0.1, 0.15) is 70.3 Å². The molecule has 1 saturated carbocycles. The standard InChI is InChI=1S/C25H37ClN4O3/c1-6-13-30-23(19-8-7-18(28-16(2)3)14-20(19)33-5)21(26)22(29-30)24(31)27-15-25(32)11-9-17(4)10-12-25/h7-8,14,16-17,28,32H,6,9-13,15H2,1-5H3,(H,27,31). The van der Waals surface area contributed by atoms with Crippen LogP contribution in [0.4, 0.5) is 5.69 Å². The molecule has 1 aromatic carbocycles. The summed E-state index contributed by atoms with van der Waals surface area (Å²) in [7, 11) is 1.62. The summed E-state index contributed by atoms with van der Waals surface area (Å²) in [5.41, 5.74) is 1.67. The SMILES string of the molecule is CCCn1nc(C(=O)NCC2(O)CCC(C)CC2)c(Cl)c1-c1ccc(NC(C)C)cc1OC. The Morgan fingerprint density at radius 2 is 2.06 bits per heavy atom. The number of ether oxygens (including phenoxy) is 1. The van der Waals surface area contributed by atoms with E-state index >= 15 is 0 Å². The number of hydrogen-bond donors (Lipinski definition) is 3. The molecule has 1 aliphatic carbocycles. The molecule has 0 radical (unpaired) electrons. The maximum absolute atomic E-state index is 13.0. The summed E-state index contributed by atoms with van der Waals surface area (Å²) < 4.78 is 7.42. The van der Waals surface area contributed by atoms with Crippen LogP contribution in [0.15, 0.2) is 18.2 Å². The van der Waals surface area contributed by atoms with Crippen molar-refractivity contribution in [3.63, 3.8) is 0 Å². The lowest BCUT2D eigenvalue weighted by atomic mass is 9.79. The molecule has 0 aliphatic heterocycles. The van der Waals surface area contributed by atoms with E-state index < -0.39 is 5.60 Å². The van der Waals surface area contributed by atoms with E-state index in [1.54, 1.807) is 11.8 Å². The third-order valence-corrected chi connectivity index (χ3v) is 6.60. The second kappa shape index (κ2) is 10.8. The van der Waals surface area contributed by atoms with Crippen molar-refractivity contribution in [3.8, 4) is 17.0 Å². The van der Waals surface area contributed by atoms with Crippen molar-refractivity contribution < 1.29 is 14.6 Å². The summed E-state index contributed by atoms with van der Waals surface area (Å²) in [6, 6.07) is 6.12. The zero-order valence-electron chi connectivity index (χ0n) is 20.4. The van der Waals surface area contributed by atoms with Crippen LogP contribution in [0.3, 0.4) is 0 Å². The lowest BCUT2D eigenvalue weighted by molar-refractivity contribution is -0.00544. The normalized spacial score (nSPS) is 20.7. The van der Waals surface area contributed by atoms with Crippen molar-refractivity contribution in [2.45, 2.75) is 78.0 Å². The highest BCUT2D eigenvalue weighted by atomic mass is 35.5. The van der Waals surface area contributed by atoms with Crippen molar-refractivity contribution in [1.82, 2.24) is 15.1 Å². The fourth-order valence-corrected chi connectivity index (χ4v) is 4.65. The Bertz CT molecular complexity index is 965. The first kappa shape index (κ1) is 25.4. The number of aliphatic hydroxyl groups is 1. The number of carbonyl (C=O) groups is 1. The number of aromatic nitrogens is 2. The van der Waals surface area contributed by atoms with E-state index in [9.17, 15) is 9.90 Å². The van der Waals surface area contributed by atoms with Crippen LogP contribution < -0.4 is 15.4 Å². The number of halogens is 1. The van der Waals surface area contributed by atoms with Gasteiger partial charge in [0.25, 0.3) is 5.91 Å². The minimum Gasteiger partial charge on any atom is -0.496 e. The van der Waals surface area contributed by atoms with Gasteiger partial charge in [-0.05, 0) is 64.0 Å². The Labute approximate surface area is 201 Å². The third kappa shape index (κ3) is 6.01. The number of methoxy groups -OCH3 is 1. The van der Waals surface area contributed by atoms with E-state index in [0.717, 1.165) is 30.5 Å². The summed E-state index contributed by atoms with van der Waals surface area (Å²) in [6.07, 6.45) is 4.13. The first-order valence-corrected chi connectivity index (χ1v) is 12.3. The van der Waals surface area contributed by atoms with Gasteiger partial charge in [0.15, 0.2) is 5.69 Å². The van der Waals surface area contributed by atoms with Gasteiger partial charge in [0.1, 0.15) is 5.75 Å². The zero-order valence-corrected chi connectivity index (χ0v) is 21.1. The molecule has 3 rings (SSSR count). The summed E-state index contributed by atoms with van der Waals surface area (Å²) in [5, 5.41) is 21.9. The summed E-state index contributed by atoms with van der Waals surface area (Å²) in [5.74, 6) is 0.887. The van der Waals surface area contributed by atoms with Gasteiger partial charge in [0.05, 0.1) is 23.4 Å². The number of nitrogens with zero attached hydrogens (tertiary/aromatic N) is 2. The van der Waals surface area contributed by atoms with Gasteiger partial charge in [-0.1, -0.05) is 25.4 Å². The molecule has 8 heteroatoms. The van der Waals surface area contributed by atoms with Crippen molar-refractivity contribution >= 4 is 23.2 Å². The van der Waals surface area contributed by atoms with E-state index in [0.29, 0.717) is 36.7 Å². The largest absolute Gasteiger partial charge is 0.496 e. The molecular weight excluding hydrogens is 440 g/mol. The fraction of sp³-hybridized carbons (Fsp3) is 0.600. The third-order valence-electron chi connectivity index (χ3n) is 6.24. The molecule has 3 N–H and O–H groups in total. The number of hydrogen-bond acceptors (Lipinski definition) is 5. The van der Waals surface area contributed by atoms with Crippen molar-refractivity contribution in [2.75, 3.05) is 19.0 Å². The number of amides is 1. The topological polar surface area (TPSA) is 88.4 Å². The van der Waals surface area contributed by atoms with Gasteiger partial charge in [-0.2, -0.15) is 5.10 Å². The second-order valence-corrected chi connectivity index (χ2v) is 9.92. The molecule has 0 unspecified atom stereocenters. The molecule has 0 bridgehead atoms. The van der Waals surface area contributed by atoms with Gasteiger partial charge < -0.3 is 20.5 Å². The molecule has 1 heterocycles. The average Bonchev–Trinajstić information content (AvgIpc) is 3.10. The Morgan fingerprint density at radius 1 is 1.36 bits per heavy atom. The number of rotatable bonds is 9. The van der Waals surface area contributed by atoms with Crippen LogP contribution in [-0.2, 0) is 6.54 Å². The number of anilines is 1. The van der Waals surface area contributed by atoms with E-state index in [-0.39, 0.29) is 29.2 Å². The number of benzene rings is 1. The molecule has 182 valence electrons. The summed E-state index contributed by atoms with van der Waals surface area (Å²) in [6.45, 7) is 9.19. The average molecular weight is 477 g/mol. The van der Waals surface area contributed by atoms with E-state index in [4.69, 9.17) is 16.3 Å². The molecule has 0 spiro atoms. The lowest BCUT2D eigenvalue weighted by Crippen LogP contribution is -2.45. The predicted octanol–water partition coefficient (Wildman–Crippen LogP) is 5.11. The molecular formula is C25H37ClN4O3. The molecule has 0 saturated heterocycles. The zero-order chi connectivity index (χ0) is 24.2. The molecule has 33 heavy (non-hydrogen) atoms. The van der Waals surface area contributed by atoms with Crippen molar-refractivity contribution in [3.05, 3.63) is 28.9 Å². The molecule has 2 aromatic rings. The maximum Gasteiger partial charge on any atom is 0.273 e. The Balaban J connectivity index is 1.88. The molecule has 1 fully saturated rings. The van der Waals surface area contributed by atoms with Gasteiger partial charge >= 0.3 is 0 Å². The number of aryl methyl sites for hydroxylation is 1. The lowest BCUT2D eigenvalue weighted by Gasteiger charge is -2.34. The Hall–Kier alpha value is -2.25. The minimum absolute atomic E-state index is 0.166. The molecule has 1 amide bonds. The van der Waals surface area contributed by atoms with Gasteiger partial charge in [0.2, 0.25) is 0 Å². The van der Waals surface area contributed by atoms with Crippen LogP contribution in [0.2, 0.25) is 5.02 Å². The van der Waals surface area contributed by atoms with Gasteiger partial charge in [-0.25, -0.2) is 0 Å².